The predicted molar refractivity (Wildman–Crippen MR) is 73.1 cm³/mol. The van der Waals surface area contributed by atoms with Gasteiger partial charge in [0.25, 0.3) is 5.91 Å². The third kappa shape index (κ3) is 2.99. The molecule has 0 bridgehead atoms. The van der Waals surface area contributed by atoms with Gasteiger partial charge < -0.3 is 15.2 Å². The summed E-state index contributed by atoms with van der Waals surface area (Å²) in [6.45, 7) is 0. The van der Waals surface area contributed by atoms with Crippen molar-refractivity contribution in [2.45, 2.75) is 37.3 Å². The first kappa shape index (κ1) is 14.5. The number of nitrogens with one attached hydrogen (secondary N) is 1. The van der Waals surface area contributed by atoms with Gasteiger partial charge in [-0.1, -0.05) is 18.2 Å². The van der Waals surface area contributed by atoms with Crippen LogP contribution in [0, 0.1) is 0 Å². The molecule has 0 aromatic heterocycles. The van der Waals surface area contributed by atoms with Crippen LogP contribution >= 0.6 is 0 Å². The number of carbonyl (C=O) groups excluding carboxylic acids is 2. The van der Waals surface area contributed by atoms with Gasteiger partial charge in [-0.2, -0.15) is 0 Å². The second-order valence-corrected chi connectivity index (χ2v) is 5.13. The number of aliphatic hydroxyl groups excluding tert-OH is 1. The van der Waals surface area contributed by atoms with Gasteiger partial charge in [-0.25, -0.2) is 4.79 Å². The molecule has 5 heteroatoms. The summed E-state index contributed by atoms with van der Waals surface area (Å²) in [5, 5.41) is 12.4. The lowest BCUT2D eigenvalue weighted by Gasteiger charge is -2.36. The summed E-state index contributed by atoms with van der Waals surface area (Å²) in [6.07, 6.45) is 1.31. The molecule has 0 radical (unpaired) electrons. The van der Waals surface area contributed by atoms with Crippen molar-refractivity contribution >= 4 is 11.9 Å². The van der Waals surface area contributed by atoms with Crippen LogP contribution in [0.25, 0.3) is 0 Å². The molecule has 1 aromatic rings. The van der Waals surface area contributed by atoms with Crippen LogP contribution in [0.3, 0.4) is 0 Å². The van der Waals surface area contributed by atoms with E-state index in [1.807, 2.05) is 6.07 Å². The monoisotopic (exact) mass is 277 g/mol. The van der Waals surface area contributed by atoms with Gasteiger partial charge in [0.2, 0.25) is 0 Å². The molecule has 1 aromatic carbocycles. The standard InChI is InChI=1S/C15H19NO4/c1-20-14(19)15(9-7-12(17)8-10-15)16-13(18)11-5-3-2-4-6-11/h2-6,12,17H,7-10H2,1H3,(H,16,18)/t12-,15-. The Hall–Kier alpha value is -1.88. The Morgan fingerprint density at radius 2 is 1.85 bits per heavy atom. The van der Waals surface area contributed by atoms with Gasteiger partial charge in [0.15, 0.2) is 0 Å². The van der Waals surface area contributed by atoms with Crippen molar-refractivity contribution in [3.8, 4) is 0 Å². The molecule has 0 heterocycles. The molecule has 1 aliphatic rings. The SMILES string of the molecule is COC(=O)[C@]1(NC(=O)c2ccccc2)CC[C@H](O)CC1. The van der Waals surface area contributed by atoms with Gasteiger partial charge in [-0.3, -0.25) is 4.79 Å². The van der Waals surface area contributed by atoms with E-state index in [1.54, 1.807) is 24.3 Å². The van der Waals surface area contributed by atoms with E-state index in [2.05, 4.69) is 5.32 Å². The average molecular weight is 277 g/mol. The number of carbonyl (C=O) groups is 2. The second kappa shape index (κ2) is 6.05. The van der Waals surface area contributed by atoms with Crippen LogP contribution in [0.2, 0.25) is 0 Å². The number of hydrogen-bond acceptors (Lipinski definition) is 4. The van der Waals surface area contributed by atoms with Gasteiger partial charge in [0.05, 0.1) is 13.2 Å². The van der Waals surface area contributed by atoms with Crippen LogP contribution < -0.4 is 5.32 Å². The van der Waals surface area contributed by atoms with Crippen LogP contribution in [0.4, 0.5) is 0 Å². The zero-order valence-electron chi connectivity index (χ0n) is 11.5. The fourth-order valence-electron chi connectivity index (χ4n) is 2.55. The Morgan fingerprint density at radius 1 is 1.25 bits per heavy atom. The van der Waals surface area contributed by atoms with Crippen LogP contribution in [0.15, 0.2) is 30.3 Å². The van der Waals surface area contributed by atoms with Gasteiger partial charge in [-0.05, 0) is 37.8 Å². The molecule has 0 atom stereocenters. The van der Waals surface area contributed by atoms with Crippen LogP contribution in [0.1, 0.15) is 36.0 Å². The van der Waals surface area contributed by atoms with E-state index < -0.39 is 17.6 Å². The maximum atomic E-state index is 12.2. The lowest BCUT2D eigenvalue weighted by Crippen LogP contribution is -2.57. The quantitative estimate of drug-likeness (QED) is 0.816. The first-order chi connectivity index (χ1) is 9.57. The summed E-state index contributed by atoms with van der Waals surface area (Å²) < 4.78 is 4.83. The molecule has 1 aliphatic carbocycles. The van der Waals surface area contributed by atoms with E-state index in [4.69, 9.17) is 4.74 Å². The molecule has 1 amide bonds. The van der Waals surface area contributed by atoms with Crippen LogP contribution in [0.5, 0.6) is 0 Å². The first-order valence-corrected chi connectivity index (χ1v) is 6.71. The van der Waals surface area contributed by atoms with Crippen molar-refractivity contribution in [1.29, 1.82) is 0 Å². The van der Waals surface area contributed by atoms with Gasteiger partial charge in [-0.15, -0.1) is 0 Å². The lowest BCUT2D eigenvalue weighted by atomic mass is 9.80. The molecule has 0 spiro atoms. The number of rotatable bonds is 3. The second-order valence-electron chi connectivity index (χ2n) is 5.13. The summed E-state index contributed by atoms with van der Waals surface area (Å²) in [4.78, 5) is 24.3. The Kier molecular flexibility index (Phi) is 4.39. The lowest BCUT2D eigenvalue weighted by molar-refractivity contribution is -0.150. The van der Waals surface area contributed by atoms with E-state index in [9.17, 15) is 14.7 Å². The Morgan fingerprint density at radius 3 is 2.40 bits per heavy atom. The number of benzene rings is 1. The highest BCUT2D eigenvalue weighted by atomic mass is 16.5. The Bertz CT molecular complexity index is 478. The summed E-state index contributed by atoms with van der Waals surface area (Å²) in [6, 6.07) is 8.74. The molecule has 0 unspecified atom stereocenters. The molecule has 5 nitrogen and oxygen atoms in total. The number of hydrogen-bond donors (Lipinski definition) is 2. The number of esters is 1. The molecule has 2 rings (SSSR count). The fraction of sp³-hybridized carbons (Fsp3) is 0.467. The minimum Gasteiger partial charge on any atom is -0.467 e. The van der Waals surface area contributed by atoms with E-state index in [0.29, 0.717) is 31.2 Å². The summed E-state index contributed by atoms with van der Waals surface area (Å²) in [5.41, 5.74) is -0.525. The molecule has 1 saturated carbocycles. The highest BCUT2D eigenvalue weighted by Crippen LogP contribution is 2.30. The maximum absolute atomic E-state index is 12.2. The molecule has 108 valence electrons. The number of aliphatic hydroxyl groups is 1. The zero-order valence-corrected chi connectivity index (χ0v) is 11.5. The normalized spacial score (nSPS) is 25.8. The molecule has 2 N–H and O–H groups in total. The third-order valence-electron chi connectivity index (χ3n) is 3.77. The van der Waals surface area contributed by atoms with Crippen LogP contribution in [-0.4, -0.2) is 35.7 Å². The number of methoxy groups -OCH3 is 1. The van der Waals surface area contributed by atoms with Crippen LogP contribution in [-0.2, 0) is 9.53 Å². The van der Waals surface area contributed by atoms with E-state index in [1.165, 1.54) is 7.11 Å². The third-order valence-corrected chi connectivity index (χ3v) is 3.77. The molecular weight excluding hydrogens is 258 g/mol. The number of amides is 1. The molecule has 0 aliphatic heterocycles. The van der Waals surface area contributed by atoms with Crippen molar-refractivity contribution in [3.63, 3.8) is 0 Å². The molecular formula is C15H19NO4. The van der Waals surface area contributed by atoms with Crippen molar-refractivity contribution in [3.05, 3.63) is 35.9 Å². The smallest absolute Gasteiger partial charge is 0.331 e. The van der Waals surface area contributed by atoms with Crippen molar-refractivity contribution < 1.29 is 19.4 Å². The van der Waals surface area contributed by atoms with Crippen molar-refractivity contribution in [2.75, 3.05) is 7.11 Å². The number of ether oxygens (including phenoxy) is 1. The first-order valence-electron chi connectivity index (χ1n) is 6.71. The van der Waals surface area contributed by atoms with E-state index >= 15 is 0 Å². The molecule has 1 fully saturated rings. The van der Waals surface area contributed by atoms with E-state index in [-0.39, 0.29) is 5.91 Å². The van der Waals surface area contributed by atoms with Gasteiger partial charge >= 0.3 is 5.97 Å². The highest BCUT2D eigenvalue weighted by molar-refractivity contribution is 5.98. The average Bonchev–Trinajstić information content (AvgIpc) is 2.49. The fourth-order valence-corrected chi connectivity index (χ4v) is 2.55. The van der Waals surface area contributed by atoms with Gasteiger partial charge in [0.1, 0.15) is 5.54 Å². The summed E-state index contributed by atoms with van der Waals surface area (Å²) in [7, 11) is 1.31. The minimum absolute atomic E-state index is 0.299. The van der Waals surface area contributed by atoms with Gasteiger partial charge in [0, 0.05) is 5.56 Å². The topological polar surface area (TPSA) is 75.6 Å². The Labute approximate surface area is 117 Å². The van der Waals surface area contributed by atoms with Crippen molar-refractivity contribution in [2.24, 2.45) is 0 Å². The van der Waals surface area contributed by atoms with Crippen molar-refractivity contribution in [1.82, 2.24) is 5.32 Å². The zero-order chi connectivity index (χ0) is 14.6. The largest absolute Gasteiger partial charge is 0.467 e. The molecule has 20 heavy (non-hydrogen) atoms. The predicted octanol–water partition coefficient (Wildman–Crippen LogP) is 1.26. The summed E-state index contributed by atoms with van der Waals surface area (Å²) >= 11 is 0. The van der Waals surface area contributed by atoms with E-state index in [0.717, 1.165) is 0 Å². The molecule has 0 saturated heterocycles. The Balaban J connectivity index is 2.17. The summed E-state index contributed by atoms with van der Waals surface area (Å²) in [5.74, 6) is -0.749. The highest BCUT2D eigenvalue weighted by Gasteiger charge is 2.43. The maximum Gasteiger partial charge on any atom is 0.331 e. The minimum atomic E-state index is -1.03.